The maximum atomic E-state index is 13.3. The van der Waals surface area contributed by atoms with Gasteiger partial charge < -0.3 is 9.80 Å². The lowest BCUT2D eigenvalue weighted by Crippen LogP contribution is -2.32. The first-order chi connectivity index (χ1) is 15.1. The van der Waals surface area contributed by atoms with Crippen LogP contribution >= 0.6 is 23.1 Å². The van der Waals surface area contributed by atoms with Crippen LogP contribution in [0.5, 0.6) is 0 Å². The Morgan fingerprint density at radius 1 is 1.06 bits per heavy atom. The lowest BCUT2D eigenvalue weighted by molar-refractivity contribution is 0.628. The Bertz CT molecular complexity index is 1190. The van der Waals surface area contributed by atoms with Gasteiger partial charge >= 0.3 is 0 Å². The van der Waals surface area contributed by atoms with Crippen molar-refractivity contribution in [3.05, 3.63) is 59.5 Å². The van der Waals surface area contributed by atoms with Crippen molar-refractivity contribution in [1.82, 2.24) is 14.4 Å². The highest BCUT2D eigenvalue weighted by Gasteiger charge is 2.20. The molecule has 3 aromatic heterocycles. The van der Waals surface area contributed by atoms with E-state index in [-0.39, 0.29) is 5.82 Å². The van der Waals surface area contributed by atoms with Crippen LogP contribution in [0.2, 0.25) is 0 Å². The predicted octanol–water partition coefficient (Wildman–Crippen LogP) is 5.48. The molecule has 4 aromatic rings. The van der Waals surface area contributed by atoms with Crippen molar-refractivity contribution in [3.8, 4) is 11.3 Å². The maximum Gasteiger partial charge on any atom is 0.191 e. The van der Waals surface area contributed by atoms with E-state index in [4.69, 9.17) is 9.97 Å². The first kappa shape index (κ1) is 20.3. The van der Waals surface area contributed by atoms with Crippen LogP contribution in [-0.4, -0.2) is 46.0 Å². The molecule has 0 aliphatic carbocycles. The zero-order valence-corrected chi connectivity index (χ0v) is 19.2. The van der Waals surface area contributed by atoms with Gasteiger partial charge in [0.25, 0.3) is 0 Å². The average Bonchev–Trinajstić information content (AvgIpc) is 3.44. The topological polar surface area (TPSA) is 36.7 Å². The number of fused-ring (bicyclic) bond motifs is 1. The van der Waals surface area contributed by atoms with E-state index < -0.39 is 0 Å². The Balaban J connectivity index is 1.53. The monoisotopic (exact) mass is 453 g/mol. The number of benzene rings is 1. The third-order valence-electron chi connectivity index (χ3n) is 5.59. The Hall–Kier alpha value is -2.58. The van der Waals surface area contributed by atoms with Gasteiger partial charge in [-0.05, 0) is 42.8 Å². The van der Waals surface area contributed by atoms with E-state index in [0.717, 1.165) is 53.1 Å². The Morgan fingerprint density at radius 3 is 2.58 bits per heavy atom. The molecule has 5 nitrogen and oxygen atoms in total. The Morgan fingerprint density at radius 2 is 1.84 bits per heavy atom. The number of anilines is 3. The molecule has 0 N–H and O–H groups in total. The van der Waals surface area contributed by atoms with Crippen LogP contribution in [0.3, 0.4) is 0 Å². The molecule has 0 unspecified atom stereocenters. The fourth-order valence-electron chi connectivity index (χ4n) is 3.93. The quantitative estimate of drug-likeness (QED) is 0.400. The lowest BCUT2D eigenvalue weighted by Gasteiger charge is -2.28. The van der Waals surface area contributed by atoms with Gasteiger partial charge in [0, 0.05) is 48.8 Å². The van der Waals surface area contributed by atoms with Crippen LogP contribution in [0.25, 0.3) is 16.9 Å². The minimum absolute atomic E-state index is 0.238. The molecule has 0 saturated carbocycles. The molecule has 0 bridgehead atoms. The number of hydrogen-bond donors (Lipinski definition) is 0. The van der Waals surface area contributed by atoms with Crippen LogP contribution in [0, 0.1) is 5.82 Å². The highest BCUT2D eigenvalue weighted by Crippen LogP contribution is 2.34. The van der Waals surface area contributed by atoms with Crippen LogP contribution in [0.1, 0.15) is 12.6 Å². The van der Waals surface area contributed by atoms with Gasteiger partial charge in [-0.25, -0.2) is 14.4 Å². The van der Waals surface area contributed by atoms with Crippen molar-refractivity contribution in [2.75, 3.05) is 41.4 Å². The summed E-state index contributed by atoms with van der Waals surface area (Å²) >= 11 is 3.60. The molecule has 1 fully saturated rings. The molecule has 0 atom stereocenters. The van der Waals surface area contributed by atoms with Crippen molar-refractivity contribution in [2.24, 2.45) is 0 Å². The number of rotatable bonds is 5. The van der Waals surface area contributed by atoms with Crippen molar-refractivity contribution >= 4 is 45.4 Å². The molecule has 1 aliphatic rings. The first-order valence-corrected chi connectivity index (χ1v) is 12.5. The molecule has 4 heterocycles. The third kappa shape index (κ3) is 3.90. The van der Waals surface area contributed by atoms with Crippen LogP contribution in [0.15, 0.2) is 48.0 Å². The van der Waals surface area contributed by atoms with E-state index in [0.29, 0.717) is 0 Å². The minimum Gasteiger partial charge on any atom is -0.369 e. The van der Waals surface area contributed by atoms with E-state index in [1.54, 1.807) is 23.5 Å². The number of pyridine rings is 1. The second-order valence-corrected chi connectivity index (χ2v) is 9.59. The molecule has 5 rings (SSSR count). The Labute approximate surface area is 189 Å². The minimum atomic E-state index is -0.238. The fraction of sp³-hybridized carbons (Fsp3) is 0.304. The van der Waals surface area contributed by atoms with Gasteiger partial charge in [0.1, 0.15) is 17.3 Å². The molecule has 160 valence electrons. The second-order valence-electron chi connectivity index (χ2n) is 7.53. The highest BCUT2D eigenvalue weighted by atomic mass is 32.2. The molecule has 0 radical (unpaired) electrons. The second kappa shape index (κ2) is 8.51. The normalized spacial score (nSPS) is 14.4. The number of thioether (sulfide) groups is 1. The zero-order valence-electron chi connectivity index (χ0n) is 17.6. The van der Waals surface area contributed by atoms with E-state index in [9.17, 15) is 4.39 Å². The van der Waals surface area contributed by atoms with E-state index in [1.807, 2.05) is 24.2 Å². The highest BCUT2D eigenvalue weighted by molar-refractivity contribution is 7.99. The number of imidazole rings is 1. The lowest BCUT2D eigenvalue weighted by atomic mass is 10.2. The van der Waals surface area contributed by atoms with Gasteiger partial charge in [0.05, 0.1) is 17.1 Å². The van der Waals surface area contributed by atoms with Crippen LogP contribution < -0.4 is 9.80 Å². The van der Waals surface area contributed by atoms with Gasteiger partial charge in [-0.15, -0.1) is 11.3 Å². The molecule has 1 saturated heterocycles. The number of nitrogens with zero attached hydrogens (tertiary/aromatic N) is 5. The SMILES string of the molecule is CCc1nc2ccc(N3CCSCC3)cn2c1N(C)c1nc(-c2ccc(F)cc2)cs1. The average molecular weight is 454 g/mol. The fourth-order valence-corrected chi connectivity index (χ4v) is 5.64. The van der Waals surface area contributed by atoms with Gasteiger partial charge in [0.2, 0.25) is 0 Å². The number of thiazole rings is 1. The molecule has 0 amide bonds. The summed E-state index contributed by atoms with van der Waals surface area (Å²) in [4.78, 5) is 14.3. The summed E-state index contributed by atoms with van der Waals surface area (Å²) in [6.07, 6.45) is 3.05. The van der Waals surface area contributed by atoms with Crippen molar-refractivity contribution in [3.63, 3.8) is 0 Å². The third-order valence-corrected chi connectivity index (χ3v) is 7.45. The maximum absolute atomic E-state index is 13.3. The predicted molar refractivity (Wildman–Crippen MR) is 130 cm³/mol. The number of halogens is 1. The summed E-state index contributed by atoms with van der Waals surface area (Å²) in [7, 11) is 2.04. The Kier molecular flexibility index (Phi) is 5.58. The molecular weight excluding hydrogens is 429 g/mol. The van der Waals surface area contributed by atoms with E-state index in [1.165, 1.54) is 29.3 Å². The molecular formula is C23H24FN5S2. The molecule has 1 aliphatic heterocycles. The van der Waals surface area contributed by atoms with Crippen LogP contribution in [0.4, 0.5) is 21.0 Å². The summed E-state index contributed by atoms with van der Waals surface area (Å²) in [6, 6.07) is 10.8. The van der Waals surface area contributed by atoms with Crippen molar-refractivity contribution < 1.29 is 4.39 Å². The molecule has 1 aromatic carbocycles. The van der Waals surface area contributed by atoms with E-state index >= 15 is 0 Å². The summed E-state index contributed by atoms with van der Waals surface area (Å²) < 4.78 is 15.5. The van der Waals surface area contributed by atoms with Gasteiger partial charge in [-0.2, -0.15) is 11.8 Å². The number of aryl methyl sites for hydroxylation is 1. The largest absolute Gasteiger partial charge is 0.369 e. The molecule has 0 spiro atoms. The summed E-state index contributed by atoms with van der Waals surface area (Å²) in [6.45, 7) is 4.28. The summed E-state index contributed by atoms with van der Waals surface area (Å²) in [5.74, 6) is 3.14. The molecule has 8 heteroatoms. The smallest absolute Gasteiger partial charge is 0.191 e. The number of hydrogen-bond acceptors (Lipinski definition) is 6. The van der Waals surface area contributed by atoms with Gasteiger partial charge in [0.15, 0.2) is 5.13 Å². The van der Waals surface area contributed by atoms with Gasteiger partial charge in [-0.3, -0.25) is 4.40 Å². The van der Waals surface area contributed by atoms with Crippen LogP contribution in [-0.2, 0) is 6.42 Å². The standard InChI is InChI=1S/C23H24FN5S2/c1-3-19-22(27(2)23-26-20(15-31-23)16-4-6-17(24)7-5-16)29-14-18(8-9-21(29)25-19)28-10-12-30-13-11-28/h4-9,14-15H,3,10-13H2,1-2H3. The summed E-state index contributed by atoms with van der Waals surface area (Å²) in [5.41, 5.74) is 4.99. The summed E-state index contributed by atoms with van der Waals surface area (Å²) in [5, 5.41) is 2.90. The van der Waals surface area contributed by atoms with Crippen molar-refractivity contribution in [2.45, 2.75) is 13.3 Å². The zero-order chi connectivity index (χ0) is 21.4. The van der Waals surface area contributed by atoms with Crippen molar-refractivity contribution in [1.29, 1.82) is 0 Å². The first-order valence-electron chi connectivity index (χ1n) is 10.4. The number of aromatic nitrogens is 3. The van der Waals surface area contributed by atoms with E-state index in [2.05, 4.69) is 39.5 Å². The van der Waals surface area contributed by atoms with Gasteiger partial charge in [-0.1, -0.05) is 6.92 Å². The molecule has 31 heavy (non-hydrogen) atoms.